The quantitative estimate of drug-likeness (QED) is 0.908. The van der Waals surface area contributed by atoms with E-state index >= 15 is 0 Å². The molecule has 1 saturated heterocycles. The van der Waals surface area contributed by atoms with Crippen LogP contribution in [0.2, 0.25) is 0 Å². The Labute approximate surface area is 134 Å². The minimum atomic E-state index is -0.913. The van der Waals surface area contributed by atoms with Gasteiger partial charge in [-0.15, -0.1) is 0 Å². The molecule has 0 spiro atoms. The van der Waals surface area contributed by atoms with E-state index < -0.39 is 12.1 Å². The number of aryl methyl sites for hydroxylation is 2. The molecule has 1 aromatic heterocycles. The summed E-state index contributed by atoms with van der Waals surface area (Å²) in [5.74, 6) is -0.993. The number of nitrogens with one attached hydrogen (secondary N) is 1. The maximum atomic E-state index is 12.7. The van der Waals surface area contributed by atoms with Crippen molar-refractivity contribution in [2.45, 2.75) is 26.4 Å². The monoisotopic (exact) mass is 316 g/mol. The molecule has 2 N–H and O–H groups in total. The number of carboxylic acids is 1. The number of carbonyl (C=O) groups excluding carboxylic acids is 1. The van der Waals surface area contributed by atoms with Crippen molar-refractivity contribution >= 4 is 22.8 Å². The van der Waals surface area contributed by atoms with Crippen LogP contribution in [-0.2, 0) is 9.53 Å². The van der Waals surface area contributed by atoms with Crippen molar-refractivity contribution in [2.24, 2.45) is 0 Å². The molecule has 3 rings (SSSR count). The second-order valence-corrected chi connectivity index (χ2v) is 5.98. The lowest BCUT2D eigenvalue weighted by molar-refractivity contribution is -0.141. The largest absolute Gasteiger partial charge is 0.481 e. The molecule has 0 radical (unpaired) electrons. The number of hydrogen-bond donors (Lipinski definition) is 2. The predicted octanol–water partition coefficient (Wildman–Crippen LogP) is 2.10. The first kappa shape index (κ1) is 15.6. The van der Waals surface area contributed by atoms with E-state index in [0.29, 0.717) is 25.3 Å². The van der Waals surface area contributed by atoms with Crippen molar-refractivity contribution in [3.8, 4) is 0 Å². The Morgan fingerprint density at radius 3 is 2.91 bits per heavy atom. The summed E-state index contributed by atoms with van der Waals surface area (Å²) >= 11 is 0. The molecule has 1 aliphatic heterocycles. The third-order valence-electron chi connectivity index (χ3n) is 4.38. The van der Waals surface area contributed by atoms with Gasteiger partial charge in [0.2, 0.25) is 0 Å². The van der Waals surface area contributed by atoms with Crippen LogP contribution < -0.4 is 0 Å². The van der Waals surface area contributed by atoms with Crippen LogP contribution in [0, 0.1) is 13.8 Å². The van der Waals surface area contributed by atoms with E-state index in [9.17, 15) is 9.59 Å². The van der Waals surface area contributed by atoms with E-state index in [1.807, 2.05) is 32.0 Å². The van der Waals surface area contributed by atoms with Crippen LogP contribution in [0.3, 0.4) is 0 Å². The molecule has 6 heteroatoms. The fourth-order valence-electron chi connectivity index (χ4n) is 3.00. The van der Waals surface area contributed by atoms with Crippen LogP contribution in [0.5, 0.6) is 0 Å². The van der Waals surface area contributed by atoms with Gasteiger partial charge in [-0.1, -0.05) is 0 Å². The molecule has 0 unspecified atom stereocenters. The average molecular weight is 316 g/mol. The highest BCUT2D eigenvalue weighted by Crippen LogP contribution is 2.23. The summed E-state index contributed by atoms with van der Waals surface area (Å²) in [6, 6.07) is 5.62. The Kier molecular flexibility index (Phi) is 4.09. The van der Waals surface area contributed by atoms with Gasteiger partial charge in [0.1, 0.15) is 0 Å². The van der Waals surface area contributed by atoms with Crippen LogP contribution in [0.15, 0.2) is 18.2 Å². The molecule has 2 aromatic rings. The van der Waals surface area contributed by atoms with Crippen LogP contribution >= 0.6 is 0 Å². The second-order valence-electron chi connectivity index (χ2n) is 5.98. The van der Waals surface area contributed by atoms with Gasteiger partial charge in [-0.2, -0.15) is 0 Å². The lowest BCUT2D eigenvalue weighted by Gasteiger charge is -2.32. The second kappa shape index (κ2) is 6.04. The zero-order valence-corrected chi connectivity index (χ0v) is 13.3. The third kappa shape index (κ3) is 3.07. The summed E-state index contributed by atoms with van der Waals surface area (Å²) in [6.45, 7) is 5.20. The number of rotatable bonds is 3. The van der Waals surface area contributed by atoms with Crippen molar-refractivity contribution in [1.29, 1.82) is 0 Å². The Balaban J connectivity index is 1.82. The lowest BCUT2D eigenvalue weighted by Crippen LogP contribution is -2.46. The molecule has 122 valence electrons. The van der Waals surface area contributed by atoms with Crippen LogP contribution in [-0.4, -0.2) is 52.7 Å². The number of aliphatic carboxylic acids is 1. The highest BCUT2D eigenvalue weighted by atomic mass is 16.5. The molecule has 2 heterocycles. The summed E-state index contributed by atoms with van der Waals surface area (Å²) in [6.07, 6.45) is -0.524. The summed E-state index contributed by atoms with van der Waals surface area (Å²) < 4.78 is 5.42. The van der Waals surface area contributed by atoms with Gasteiger partial charge < -0.3 is 19.7 Å². The normalized spacial score (nSPS) is 18.3. The summed E-state index contributed by atoms with van der Waals surface area (Å²) in [7, 11) is 0. The molecule has 1 fully saturated rings. The van der Waals surface area contributed by atoms with Crippen LogP contribution in [0.25, 0.3) is 10.9 Å². The van der Waals surface area contributed by atoms with Crippen molar-refractivity contribution in [3.05, 3.63) is 35.0 Å². The lowest BCUT2D eigenvalue weighted by atomic mass is 10.1. The number of fused-ring (bicyclic) bond motifs is 1. The van der Waals surface area contributed by atoms with Crippen LogP contribution in [0.4, 0.5) is 0 Å². The Morgan fingerprint density at radius 2 is 2.17 bits per heavy atom. The van der Waals surface area contributed by atoms with E-state index in [4.69, 9.17) is 9.84 Å². The number of morpholine rings is 1. The molecular weight excluding hydrogens is 296 g/mol. The van der Waals surface area contributed by atoms with Gasteiger partial charge in [0.25, 0.3) is 5.91 Å². The molecule has 1 aliphatic rings. The summed E-state index contributed by atoms with van der Waals surface area (Å²) in [5, 5.41) is 9.92. The van der Waals surface area contributed by atoms with E-state index in [1.54, 1.807) is 4.90 Å². The summed E-state index contributed by atoms with van der Waals surface area (Å²) in [4.78, 5) is 28.5. The zero-order chi connectivity index (χ0) is 16.6. The zero-order valence-electron chi connectivity index (χ0n) is 13.3. The average Bonchev–Trinajstić information content (AvgIpc) is 2.81. The topological polar surface area (TPSA) is 82.6 Å². The van der Waals surface area contributed by atoms with E-state index in [0.717, 1.165) is 22.2 Å². The molecule has 0 saturated carbocycles. The standard InChI is InChI=1S/C17H20N2O4/c1-10-11(2)18-15-4-3-12(7-14(10)15)17(22)19-5-6-23-13(9-19)8-16(20)21/h3-4,7,13,18H,5-6,8-9H2,1-2H3,(H,20,21)/t13-/m1/s1. The number of aromatic amines is 1. The maximum Gasteiger partial charge on any atom is 0.306 e. The molecule has 1 amide bonds. The minimum Gasteiger partial charge on any atom is -0.481 e. The molecule has 0 aliphatic carbocycles. The highest BCUT2D eigenvalue weighted by Gasteiger charge is 2.26. The van der Waals surface area contributed by atoms with Gasteiger partial charge in [-0.3, -0.25) is 9.59 Å². The fourth-order valence-corrected chi connectivity index (χ4v) is 3.00. The Hall–Kier alpha value is -2.34. The van der Waals surface area contributed by atoms with Crippen molar-refractivity contribution in [1.82, 2.24) is 9.88 Å². The molecule has 1 atom stereocenters. The predicted molar refractivity (Wildman–Crippen MR) is 85.7 cm³/mol. The molecule has 23 heavy (non-hydrogen) atoms. The number of H-pyrrole nitrogens is 1. The molecular formula is C17H20N2O4. The number of ether oxygens (including phenoxy) is 1. The van der Waals surface area contributed by atoms with Gasteiger partial charge in [-0.05, 0) is 37.6 Å². The van der Waals surface area contributed by atoms with Gasteiger partial charge in [0.05, 0.1) is 19.1 Å². The van der Waals surface area contributed by atoms with E-state index in [1.165, 1.54) is 0 Å². The van der Waals surface area contributed by atoms with Gasteiger partial charge >= 0.3 is 5.97 Å². The first-order valence-corrected chi connectivity index (χ1v) is 7.67. The first-order chi connectivity index (χ1) is 11.0. The third-order valence-corrected chi connectivity index (χ3v) is 4.38. The number of carboxylic acid groups (broad SMARTS) is 1. The van der Waals surface area contributed by atoms with Crippen molar-refractivity contribution in [2.75, 3.05) is 19.7 Å². The van der Waals surface area contributed by atoms with Crippen molar-refractivity contribution < 1.29 is 19.4 Å². The minimum absolute atomic E-state index is 0.0798. The van der Waals surface area contributed by atoms with Gasteiger partial charge in [0.15, 0.2) is 0 Å². The molecule has 6 nitrogen and oxygen atoms in total. The van der Waals surface area contributed by atoms with Gasteiger partial charge in [-0.25, -0.2) is 0 Å². The Morgan fingerprint density at radius 1 is 1.39 bits per heavy atom. The van der Waals surface area contributed by atoms with Gasteiger partial charge in [0, 0.05) is 35.2 Å². The SMILES string of the molecule is Cc1[nH]c2ccc(C(=O)N3CCO[C@H](CC(=O)O)C3)cc2c1C. The smallest absolute Gasteiger partial charge is 0.306 e. The maximum absolute atomic E-state index is 12.7. The molecule has 1 aromatic carbocycles. The number of hydrogen-bond acceptors (Lipinski definition) is 3. The van der Waals surface area contributed by atoms with E-state index in [-0.39, 0.29) is 12.3 Å². The fraction of sp³-hybridized carbons (Fsp3) is 0.412. The number of benzene rings is 1. The van der Waals surface area contributed by atoms with E-state index in [2.05, 4.69) is 4.98 Å². The summed E-state index contributed by atoms with van der Waals surface area (Å²) in [5.41, 5.74) is 3.87. The number of aromatic nitrogens is 1. The highest BCUT2D eigenvalue weighted by molar-refractivity contribution is 5.99. The number of carbonyl (C=O) groups is 2. The number of nitrogens with zero attached hydrogens (tertiary/aromatic N) is 1. The van der Waals surface area contributed by atoms with Crippen molar-refractivity contribution in [3.63, 3.8) is 0 Å². The molecule has 0 bridgehead atoms. The van der Waals surface area contributed by atoms with Crippen LogP contribution in [0.1, 0.15) is 28.0 Å². The first-order valence-electron chi connectivity index (χ1n) is 7.67. The Bertz CT molecular complexity index is 765. The number of amides is 1.